The Bertz CT molecular complexity index is 2750. The van der Waals surface area contributed by atoms with Crippen LogP contribution in [-0.2, 0) is 6.54 Å². The Morgan fingerprint density at radius 2 is 1.65 bits per heavy atom. The lowest BCUT2D eigenvalue weighted by molar-refractivity contribution is 0.0691. The second-order valence-electron chi connectivity index (χ2n) is 15.3. The maximum Gasteiger partial charge on any atom is 0.332 e. The van der Waals surface area contributed by atoms with Crippen molar-refractivity contribution in [2.45, 2.75) is 50.7 Å². The number of carbonyl (C=O) groups excluding carboxylic acids is 1. The summed E-state index contributed by atoms with van der Waals surface area (Å²) < 4.78 is 35.1. The van der Waals surface area contributed by atoms with Crippen LogP contribution in [0.3, 0.4) is 0 Å². The van der Waals surface area contributed by atoms with E-state index in [4.69, 9.17) is 19.2 Å². The second kappa shape index (κ2) is 16.8. The van der Waals surface area contributed by atoms with Crippen LogP contribution in [0.1, 0.15) is 70.8 Å². The molecule has 0 saturated carbocycles. The topological polar surface area (TPSA) is 104 Å². The first kappa shape index (κ1) is 39.8. The highest BCUT2D eigenvalue weighted by Crippen LogP contribution is 2.44. The summed E-state index contributed by atoms with van der Waals surface area (Å²) in [5.74, 6) is 3.14. The molecule has 5 heterocycles. The highest BCUT2D eigenvalue weighted by atomic mass is 32.2. The quantitative estimate of drug-likeness (QED) is 0.137. The number of nitrogens with zero attached hydrogens (tertiary/aromatic N) is 4. The van der Waals surface area contributed by atoms with Crippen LogP contribution in [0.2, 0.25) is 0 Å². The predicted molar refractivity (Wildman–Crippen MR) is 237 cm³/mol. The number of fused-ring (bicyclic) bond motifs is 4. The molecule has 2 atom stereocenters. The lowest BCUT2D eigenvalue weighted by Gasteiger charge is -2.35. The second-order valence-corrected chi connectivity index (χ2v) is 17.5. The van der Waals surface area contributed by atoms with E-state index in [1.54, 1.807) is 22.6 Å². The van der Waals surface area contributed by atoms with Crippen LogP contribution in [-0.4, -0.2) is 77.1 Å². The number of methoxy groups -OCH3 is 2. The fourth-order valence-corrected chi connectivity index (χ4v) is 11.2. The van der Waals surface area contributed by atoms with Gasteiger partial charge >= 0.3 is 5.69 Å². The molecule has 9 rings (SSSR count). The molecule has 2 saturated heterocycles. The molecule has 308 valence electrons. The largest absolute Gasteiger partial charge is 0.494 e. The number of thioether (sulfide) groups is 1. The number of aromatic nitrogens is 2. The van der Waals surface area contributed by atoms with Crippen LogP contribution in [0.15, 0.2) is 106 Å². The Labute approximate surface area is 355 Å². The van der Waals surface area contributed by atoms with Gasteiger partial charge in [0.15, 0.2) is 23.1 Å². The molecule has 13 heteroatoms. The zero-order chi connectivity index (χ0) is 41.5. The van der Waals surface area contributed by atoms with E-state index in [1.165, 1.54) is 40.7 Å². The maximum atomic E-state index is 14.8. The minimum absolute atomic E-state index is 0.0613. The van der Waals surface area contributed by atoms with Gasteiger partial charge in [-0.3, -0.25) is 23.7 Å². The third-order valence-corrected chi connectivity index (χ3v) is 14.2. The molecule has 0 unspecified atom stereocenters. The molecule has 1 amide bonds. The number of likely N-dealkylation sites (tertiary alicyclic amines) is 1. The van der Waals surface area contributed by atoms with Gasteiger partial charge in [0, 0.05) is 52.4 Å². The summed E-state index contributed by atoms with van der Waals surface area (Å²) in [5.41, 5.74) is 5.64. The van der Waals surface area contributed by atoms with Crippen molar-refractivity contribution in [1.29, 1.82) is 0 Å². The van der Waals surface area contributed by atoms with Crippen LogP contribution in [0.5, 0.6) is 17.2 Å². The standard InChI is InChI=1S/C47H45FN4O6S2/c1-4-58-41-23-33-34(24-40(41)57-3)43(49-37-17-20-59-27-35(33)37)30-11-8-12-31(22-30)45(53)50-18-15-32(16-19-50)52-46(54)44-38(25-42(60-44)29-9-6-5-7-10-29)51(47(52)55)26-28-13-14-39(56-2)36(48)21-28/h5-14,21-25,32,35,37H,4,15-20,26-27H2,1-3H3/t35-,37-/m1/s1. The molecular formula is C47H45FN4O6S2. The van der Waals surface area contributed by atoms with E-state index in [0.717, 1.165) is 51.0 Å². The summed E-state index contributed by atoms with van der Waals surface area (Å²) >= 11 is 3.30. The molecule has 0 radical (unpaired) electrons. The summed E-state index contributed by atoms with van der Waals surface area (Å²) in [7, 11) is 3.05. The van der Waals surface area contributed by atoms with Crippen LogP contribution in [0.25, 0.3) is 20.7 Å². The van der Waals surface area contributed by atoms with E-state index >= 15 is 0 Å². The van der Waals surface area contributed by atoms with Crippen molar-refractivity contribution in [2.75, 3.05) is 45.4 Å². The monoisotopic (exact) mass is 844 g/mol. The van der Waals surface area contributed by atoms with Crippen molar-refractivity contribution in [1.82, 2.24) is 14.0 Å². The maximum absolute atomic E-state index is 14.8. The van der Waals surface area contributed by atoms with Crippen molar-refractivity contribution in [3.63, 3.8) is 0 Å². The van der Waals surface area contributed by atoms with Crippen molar-refractivity contribution in [3.05, 3.63) is 145 Å². The number of piperidine rings is 1. The number of rotatable bonds is 10. The molecule has 3 aliphatic rings. The molecule has 2 aromatic heterocycles. The van der Waals surface area contributed by atoms with Gasteiger partial charge in [0.05, 0.1) is 44.6 Å². The highest BCUT2D eigenvalue weighted by Gasteiger charge is 2.36. The smallest absolute Gasteiger partial charge is 0.332 e. The van der Waals surface area contributed by atoms with E-state index in [-0.39, 0.29) is 35.7 Å². The molecule has 2 fully saturated rings. The Balaban J connectivity index is 1.00. The van der Waals surface area contributed by atoms with Crippen molar-refractivity contribution >= 4 is 44.9 Å². The summed E-state index contributed by atoms with van der Waals surface area (Å²) in [5, 5.41) is 0. The minimum Gasteiger partial charge on any atom is -0.494 e. The number of benzene rings is 4. The van der Waals surface area contributed by atoms with E-state index in [2.05, 4.69) is 6.07 Å². The normalized spacial score (nSPS) is 17.8. The first-order chi connectivity index (χ1) is 29.3. The van der Waals surface area contributed by atoms with Crippen LogP contribution in [0.4, 0.5) is 4.39 Å². The Kier molecular flexibility index (Phi) is 11.1. The van der Waals surface area contributed by atoms with E-state index < -0.39 is 17.5 Å². The minimum atomic E-state index is -0.532. The van der Waals surface area contributed by atoms with Crippen molar-refractivity contribution in [2.24, 2.45) is 4.99 Å². The zero-order valence-corrected chi connectivity index (χ0v) is 35.3. The Hall–Kier alpha value is -5.66. The first-order valence-electron chi connectivity index (χ1n) is 20.3. The van der Waals surface area contributed by atoms with E-state index in [0.29, 0.717) is 59.6 Å². The fraction of sp³-hybridized carbons (Fsp3) is 0.319. The van der Waals surface area contributed by atoms with Crippen LogP contribution in [0, 0.1) is 5.82 Å². The number of ether oxygens (including phenoxy) is 3. The Morgan fingerprint density at radius 1 is 0.867 bits per heavy atom. The van der Waals surface area contributed by atoms with Gasteiger partial charge in [-0.2, -0.15) is 11.8 Å². The van der Waals surface area contributed by atoms with E-state index in [9.17, 15) is 18.8 Å². The highest BCUT2D eigenvalue weighted by molar-refractivity contribution is 7.99. The van der Waals surface area contributed by atoms with Crippen molar-refractivity contribution in [3.8, 4) is 27.7 Å². The molecular weight excluding hydrogens is 800 g/mol. The van der Waals surface area contributed by atoms with Gasteiger partial charge in [-0.15, -0.1) is 11.3 Å². The first-order valence-corrected chi connectivity index (χ1v) is 22.3. The summed E-state index contributed by atoms with van der Waals surface area (Å²) in [4.78, 5) is 51.0. The van der Waals surface area contributed by atoms with Gasteiger partial charge in [0.1, 0.15) is 4.70 Å². The molecule has 4 aromatic carbocycles. The molecule has 0 N–H and O–H groups in total. The van der Waals surface area contributed by atoms with Gasteiger partial charge in [-0.05, 0) is 91.1 Å². The summed E-state index contributed by atoms with van der Waals surface area (Å²) in [6.07, 6.45) is 1.82. The number of aliphatic imine (C=N–C) groups is 1. The third kappa shape index (κ3) is 7.31. The Morgan fingerprint density at radius 3 is 2.40 bits per heavy atom. The van der Waals surface area contributed by atoms with Crippen LogP contribution >= 0.6 is 23.1 Å². The average Bonchev–Trinajstić information content (AvgIpc) is 3.74. The van der Waals surface area contributed by atoms with Gasteiger partial charge in [-0.25, -0.2) is 9.18 Å². The number of carbonyl (C=O) groups is 1. The molecule has 60 heavy (non-hydrogen) atoms. The molecule has 3 aliphatic heterocycles. The third-order valence-electron chi connectivity index (χ3n) is 11.9. The van der Waals surface area contributed by atoms with Gasteiger partial charge in [0.25, 0.3) is 11.5 Å². The van der Waals surface area contributed by atoms with Crippen molar-refractivity contribution < 1.29 is 23.4 Å². The molecule has 6 aromatic rings. The number of halogens is 1. The average molecular weight is 845 g/mol. The predicted octanol–water partition coefficient (Wildman–Crippen LogP) is 8.41. The van der Waals surface area contributed by atoms with E-state index in [1.807, 2.05) is 85.4 Å². The lowest BCUT2D eigenvalue weighted by atomic mass is 9.81. The molecule has 0 spiro atoms. The number of thiophene rings is 1. The van der Waals surface area contributed by atoms with Crippen LogP contribution < -0.4 is 25.5 Å². The fourth-order valence-electron chi connectivity index (χ4n) is 8.84. The number of amides is 1. The summed E-state index contributed by atoms with van der Waals surface area (Å²) in [6, 6.07) is 27.7. The molecule has 0 aliphatic carbocycles. The van der Waals surface area contributed by atoms with Gasteiger partial charge in [-0.1, -0.05) is 48.5 Å². The summed E-state index contributed by atoms with van der Waals surface area (Å²) in [6.45, 7) is 3.28. The van der Waals surface area contributed by atoms with Gasteiger partial charge in [0.2, 0.25) is 0 Å². The van der Waals surface area contributed by atoms with Gasteiger partial charge < -0.3 is 19.1 Å². The lowest BCUT2D eigenvalue weighted by Crippen LogP contribution is -2.46. The number of hydrogen-bond acceptors (Lipinski definition) is 9. The number of hydrogen-bond donors (Lipinski definition) is 0. The zero-order valence-electron chi connectivity index (χ0n) is 33.7. The molecule has 0 bridgehead atoms. The molecule has 10 nitrogen and oxygen atoms in total. The SMILES string of the molecule is CCOc1cc2c(cc1OC)C(c1cccc(C(=O)N3CCC(n4c(=O)c5sc(-c6ccccc6)cc5n(Cc5ccc(OC)c(F)c5)c4=O)CC3)c1)=N[C@@H]1CCSC[C@H]21.